The average molecular weight is 284 g/mol. The van der Waals surface area contributed by atoms with Gasteiger partial charge in [0.1, 0.15) is 5.75 Å². The molecule has 0 saturated carbocycles. The van der Waals surface area contributed by atoms with Crippen molar-refractivity contribution in [2.75, 3.05) is 7.11 Å². The zero-order valence-corrected chi connectivity index (χ0v) is 11.0. The Hall–Kier alpha value is -1.98. The molecular weight excluding hydrogens is 270 g/mol. The van der Waals surface area contributed by atoms with Gasteiger partial charge in [0.25, 0.3) is 6.43 Å². The number of hydrogen-bond acceptors (Lipinski definition) is 3. The summed E-state index contributed by atoms with van der Waals surface area (Å²) in [7, 11) is 1.45. The predicted octanol–water partition coefficient (Wildman–Crippen LogP) is 2.41. The number of alkyl halides is 2. The summed E-state index contributed by atoms with van der Waals surface area (Å²) < 4.78 is 31.7. The number of aliphatic carboxylic acids is 1. The smallest absolute Gasteiger partial charge is 0.323 e. The van der Waals surface area contributed by atoms with Crippen LogP contribution in [0, 0.1) is 11.3 Å². The number of benzene rings is 1. The summed E-state index contributed by atoms with van der Waals surface area (Å²) in [5.74, 6) is -3.29. The monoisotopic (exact) mass is 284 g/mol. The summed E-state index contributed by atoms with van der Waals surface area (Å²) in [5.41, 5.74) is -2.09. The molecule has 6 heteroatoms. The molecule has 4 nitrogen and oxygen atoms in total. The molecule has 0 heterocycles. The minimum Gasteiger partial charge on any atom is -0.497 e. The van der Waals surface area contributed by atoms with Crippen LogP contribution in [-0.2, 0) is 11.2 Å². The Balaban J connectivity index is 2.61. The quantitative estimate of drug-likeness (QED) is 0.866. The molecule has 0 spiro atoms. The van der Waals surface area contributed by atoms with Crippen LogP contribution in [0.15, 0.2) is 18.2 Å². The molecule has 2 atom stereocenters. The Kier molecular flexibility index (Phi) is 3.50. The minimum absolute atomic E-state index is 0.0339. The number of ether oxygens (including phenoxy) is 1. The molecule has 0 radical (unpaired) electrons. The van der Waals surface area contributed by atoms with Gasteiger partial charge in [-0.3, -0.25) is 9.59 Å². The lowest BCUT2D eigenvalue weighted by atomic mass is 9.64. The van der Waals surface area contributed by atoms with E-state index in [4.69, 9.17) is 4.74 Å². The Morgan fingerprint density at radius 1 is 1.50 bits per heavy atom. The molecule has 0 saturated heterocycles. The molecule has 20 heavy (non-hydrogen) atoms. The van der Waals surface area contributed by atoms with Crippen molar-refractivity contribution in [3.63, 3.8) is 0 Å². The third-order valence-corrected chi connectivity index (χ3v) is 3.93. The van der Waals surface area contributed by atoms with E-state index in [-0.39, 0.29) is 12.0 Å². The van der Waals surface area contributed by atoms with Crippen LogP contribution in [0.1, 0.15) is 22.8 Å². The zero-order chi connectivity index (χ0) is 15.1. The second kappa shape index (κ2) is 4.85. The van der Waals surface area contributed by atoms with Crippen molar-refractivity contribution in [2.24, 2.45) is 11.3 Å². The minimum atomic E-state index is -3.25. The first-order valence-corrected chi connectivity index (χ1v) is 6.09. The van der Waals surface area contributed by atoms with Crippen molar-refractivity contribution in [2.45, 2.75) is 19.8 Å². The van der Waals surface area contributed by atoms with Gasteiger partial charge in [-0.25, -0.2) is 8.78 Å². The fraction of sp³-hybridized carbons (Fsp3) is 0.429. The van der Waals surface area contributed by atoms with Crippen LogP contribution in [0.2, 0.25) is 0 Å². The molecule has 0 bridgehead atoms. The first-order chi connectivity index (χ1) is 9.35. The second-order valence-corrected chi connectivity index (χ2v) is 4.93. The van der Waals surface area contributed by atoms with Crippen LogP contribution in [0.4, 0.5) is 8.78 Å². The zero-order valence-electron chi connectivity index (χ0n) is 11.0. The molecule has 1 aliphatic rings. The van der Waals surface area contributed by atoms with Gasteiger partial charge < -0.3 is 9.84 Å². The Morgan fingerprint density at radius 3 is 2.65 bits per heavy atom. The number of fused-ring (bicyclic) bond motifs is 1. The summed E-state index contributed by atoms with van der Waals surface area (Å²) in [5, 5.41) is 9.20. The molecule has 2 rings (SSSR count). The molecule has 1 N–H and O–H groups in total. The summed E-state index contributed by atoms with van der Waals surface area (Å²) >= 11 is 0. The lowest BCUT2D eigenvalue weighted by Crippen LogP contribution is -2.53. The molecule has 0 aliphatic heterocycles. The van der Waals surface area contributed by atoms with E-state index in [1.54, 1.807) is 6.07 Å². The Bertz CT molecular complexity index is 570. The van der Waals surface area contributed by atoms with Gasteiger partial charge in [-0.2, -0.15) is 0 Å². The molecule has 2 unspecified atom stereocenters. The number of carboxylic acid groups (broad SMARTS) is 1. The predicted molar refractivity (Wildman–Crippen MR) is 66.3 cm³/mol. The SMILES string of the molecule is COc1ccc2c(c1)CC(C)C(C(=O)O)(C(F)F)C2=O. The van der Waals surface area contributed by atoms with Gasteiger partial charge in [-0.15, -0.1) is 0 Å². The number of carbonyl (C=O) groups is 2. The molecule has 1 aliphatic carbocycles. The topological polar surface area (TPSA) is 63.6 Å². The van der Waals surface area contributed by atoms with Crippen molar-refractivity contribution >= 4 is 11.8 Å². The third-order valence-electron chi connectivity index (χ3n) is 3.93. The Labute approximate surface area is 114 Å². The Morgan fingerprint density at radius 2 is 2.15 bits per heavy atom. The van der Waals surface area contributed by atoms with Crippen molar-refractivity contribution in [1.29, 1.82) is 0 Å². The lowest BCUT2D eigenvalue weighted by molar-refractivity contribution is -0.158. The van der Waals surface area contributed by atoms with E-state index in [1.807, 2.05) is 0 Å². The highest BCUT2D eigenvalue weighted by Crippen LogP contribution is 2.45. The fourth-order valence-corrected chi connectivity index (χ4v) is 2.74. The van der Waals surface area contributed by atoms with Gasteiger partial charge >= 0.3 is 5.97 Å². The van der Waals surface area contributed by atoms with Crippen molar-refractivity contribution in [1.82, 2.24) is 0 Å². The third kappa shape index (κ3) is 1.78. The van der Waals surface area contributed by atoms with Gasteiger partial charge in [-0.05, 0) is 36.1 Å². The number of carbonyl (C=O) groups excluding carboxylic acids is 1. The summed E-state index contributed by atoms with van der Waals surface area (Å²) in [6.07, 6.45) is -3.16. The van der Waals surface area contributed by atoms with Gasteiger partial charge in [0.05, 0.1) is 7.11 Å². The van der Waals surface area contributed by atoms with E-state index in [1.165, 1.54) is 26.2 Å². The number of Topliss-reactive ketones (excluding diaryl/α,β-unsaturated/α-hetero) is 1. The van der Waals surface area contributed by atoms with E-state index < -0.39 is 29.5 Å². The van der Waals surface area contributed by atoms with Gasteiger partial charge in [0.2, 0.25) is 0 Å². The van der Waals surface area contributed by atoms with Crippen LogP contribution in [0.25, 0.3) is 0 Å². The number of hydrogen-bond donors (Lipinski definition) is 1. The van der Waals surface area contributed by atoms with E-state index in [2.05, 4.69) is 0 Å². The van der Waals surface area contributed by atoms with E-state index in [0.717, 1.165) is 0 Å². The highest BCUT2D eigenvalue weighted by atomic mass is 19.3. The lowest BCUT2D eigenvalue weighted by Gasteiger charge is -2.37. The largest absolute Gasteiger partial charge is 0.497 e. The highest BCUT2D eigenvalue weighted by molar-refractivity contribution is 6.14. The van der Waals surface area contributed by atoms with Crippen molar-refractivity contribution < 1.29 is 28.2 Å². The maximum Gasteiger partial charge on any atom is 0.323 e. The highest BCUT2D eigenvalue weighted by Gasteiger charge is 2.60. The van der Waals surface area contributed by atoms with Crippen LogP contribution in [-0.4, -0.2) is 30.4 Å². The number of carboxylic acids is 1. The average Bonchev–Trinajstić information content (AvgIpc) is 2.37. The number of methoxy groups -OCH3 is 1. The summed E-state index contributed by atoms with van der Waals surface area (Å²) in [4.78, 5) is 23.7. The fourth-order valence-electron chi connectivity index (χ4n) is 2.74. The first kappa shape index (κ1) is 14.4. The van der Waals surface area contributed by atoms with E-state index >= 15 is 0 Å². The summed E-state index contributed by atoms with van der Waals surface area (Å²) in [6.45, 7) is 1.36. The molecule has 0 fully saturated rings. The molecule has 0 amide bonds. The van der Waals surface area contributed by atoms with Crippen LogP contribution in [0.5, 0.6) is 5.75 Å². The van der Waals surface area contributed by atoms with Crippen molar-refractivity contribution in [3.05, 3.63) is 29.3 Å². The normalized spacial score (nSPS) is 25.4. The standard InChI is InChI=1S/C14H14F2O4/c1-7-5-8-6-9(20-2)3-4-10(8)11(17)14(7,12(15)16)13(18)19/h3-4,6-7,12H,5H2,1-2H3,(H,18,19). The van der Waals surface area contributed by atoms with Crippen LogP contribution < -0.4 is 4.74 Å². The van der Waals surface area contributed by atoms with Gasteiger partial charge in [0, 0.05) is 5.56 Å². The number of rotatable bonds is 3. The van der Waals surface area contributed by atoms with E-state index in [0.29, 0.717) is 11.3 Å². The van der Waals surface area contributed by atoms with Gasteiger partial charge in [-0.1, -0.05) is 6.92 Å². The molecule has 108 valence electrons. The van der Waals surface area contributed by atoms with Gasteiger partial charge in [0.15, 0.2) is 11.2 Å². The van der Waals surface area contributed by atoms with Crippen molar-refractivity contribution in [3.8, 4) is 5.75 Å². The van der Waals surface area contributed by atoms with E-state index in [9.17, 15) is 23.5 Å². The molecule has 1 aromatic rings. The van der Waals surface area contributed by atoms with Crippen LogP contribution in [0.3, 0.4) is 0 Å². The molecule has 1 aromatic carbocycles. The number of halogens is 2. The maximum absolute atomic E-state index is 13.3. The molecule has 0 aromatic heterocycles. The first-order valence-electron chi connectivity index (χ1n) is 6.09. The second-order valence-electron chi connectivity index (χ2n) is 4.93. The summed E-state index contributed by atoms with van der Waals surface area (Å²) in [6, 6.07) is 4.40. The number of ketones is 1. The van der Waals surface area contributed by atoms with Crippen LogP contribution >= 0.6 is 0 Å². The molecular formula is C14H14F2O4. The maximum atomic E-state index is 13.3.